The normalized spacial score (nSPS) is 20.6. The summed E-state index contributed by atoms with van der Waals surface area (Å²) in [6.07, 6.45) is 0.807. The van der Waals surface area contributed by atoms with Crippen LogP contribution in [0.5, 0.6) is 0 Å². The van der Waals surface area contributed by atoms with E-state index in [2.05, 4.69) is 5.16 Å². The number of hydrogen-bond donors (Lipinski definition) is 1. The summed E-state index contributed by atoms with van der Waals surface area (Å²) in [5, 5.41) is 13.9. The molecule has 3 rings (SSSR count). The van der Waals surface area contributed by atoms with Crippen LogP contribution in [0.4, 0.5) is 4.39 Å². The van der Waals surface area contributed by atoms with E-state index in [4.69, 9.17) is 4.52 Å². The number of aryl methyl sites for hydroxylation is 2. The predicted molar refractivity (Wildman–Crippen MR) is 85.8 cm³/mol. The quantitative estimate of drug-likeness (QED) is 0.935. The van der Waals surface area contributed by atoms with Crippen molar-refractivity contribution in [3.05, 3.63) is 52.7 Å². The van der Waals surface area contributed by atoms with Gasteiger partial charge < -0.3 is 14.5 Å². The third-order valence-corrected chi connectivity index (χ3v) is 4.62. The van der Waals surface area contributed by atoms with Crippen LogP contribution in [-0.2, 0) is 11.2 Å². The van der Waals surface area contributed by atoms with Crippen molar-refractivity contribution < 1.29 is 18.8 Å². The third kappa shape index (κ3) is 3.33. The Balaban J connectivity index is 1.71. The summed E-state index contributed by atoms with van der Waals surface area (Å²) in [5.74, 6) is 0.395. The summed E-state index contributed by atoms with van der Waals surface area (Å²) in [5.41, 5.74) is 2.61. The lowest BCUT2D eigenvalue weighted by molar-refractivity contribution is -0.132. The first-order valence-corrected chi connectivity index (χ1v) is 8.10. The molecule has 1 saturated heterocycles. The van der Waals surface area contributed by atoms with Crippen LogP contribution in [-0.4, -0.2) is 33.7 Å². The molecule has 0 saturated carbocycles. The van der Waals surface area contributed by atoms with Crippen molar-refractivity contribution in [3.8, 4) is 0 Å². The third-order valence-electron chi connectivity index (χ3n) is 4.62. The number of β-amino-alcohol motifs (C(OH)–C–C–N with tert-alkyl or cyclic N) is 1. The van der Waals surface area contributed by atoms with Gasteiger partial charge in [0.2, 0.25) is 5.91 Å². The number of nitrogens with zero attached hydrogens (tertiary/aromatic N) is 2. The van der Waals surface area contributed by atoms with Gasteiger partial charge in [-0.15, -0.1) is 0 Å². The van der Waals surface area contributed by atoms with E-state index in [-0.39, 0.29) is 17.8 Å². The lowest BCUT2D eigenvalue weighted by Gasteiger charge is -2.25. The highest BCUT2D eigenvalue weighted by Crippen LogP contribution is 2.33. The smallest absolute Gasteiger partial charge is 0.223 e. The second kappa shape index (κ2) is 6.73. The van der Waals surface area contributed by atoms with Gasteiger partial charge >= 0.3 is 0 Å². The molecule has 2 aromatic rings. The molecule has 2 unspecified atom stereocenters. The molecule has 2 heterocycles. The van der Waals surface area contributed by atoms with E-state index in [1.807, 2.05) is 13.8 Å². The summed E-state index contributed by atoms with van der Waals surface area (Å²) in [7, 11) is 0. The number of aliphatic hydroxyl groups is 1. The Kier molecular flexibility index (Phi) is 4.66. The van der Waals surface area contributed by atoms with Crippen LogP contribution in [0.25, 0.3) is 0 Å². The van der Waals surface area contributed by atoms with E-state index in [0.29, 0.717) is 25.8 Å². The Morgan fingerprint density at radius 3 is 2.71 bits per heavy atom. The molecule has 0 aliphatic carbocycles. The average molecular weight is 332 g/mol. The Labute approximate surface area is 140 Å². The van der Waals surface area contributed by atoms with Gasteiger partial charge in [-0.2, -0.15) is 0 Å². The largest absolute Gasteiger partial charge is 0.391 e. The Hall–Kier alpha value is -2.21. The number of aromatic nitrogens is 1. The monoisotopic (exact) mass is 332 g/mol. The fourth-order valence-corrected chi connectivity index (χ4v) is 3.32. The summed E-state index contributed by atoms with van der Waals surface area (Å²) in [4.78, 5) is 14.3. The van der Waals surface area contributed by atoms with Gasteiger partial charge in [-0.05, 0) is 44.4 Å². The first kappa shape index (κ1) is 16.6. The lowest BCUT2D eigenvalue weighted by atomic mass is 10.0. The SMILES string of the molecule is Cc1noc(C)c1CCC(=O)N1CC(O)CC1c1ccc(F)cc1. The first-order valence-electron chi connectivity index (χ1n) is 8.10. The van der Waals surface area contributed by atoms with Crippen molar-refractivity contribution in [1.82, 2.24) is 10.1 Å². The van der Waals surface area contributed by atoms with E-state index in [1.54, 1.807) is 17.0 Å². The number of rotatable bonds is 4. The van der Waals surface area contributed by atoms with Crippen molar-refractivity contribution in [1.29, 1.82) is 0 Å². The van der Waals surface area contributed by atoms with E-state index >= 15 is 0 Å². The van der Waals surface area contributed by atoms with Crippen LogP contribution in [0.15, 0.2) is 28.8 Å². The minimum atomic E-state index is -0.553. The summed E-state index contributed by atoms with van der Waals surface area (Å²) < 4.78 is 18.2. The number of aliphatic hydroxyl groups excluding tert-OH is 1. The number of halogens is 1. The zero-order valence-electron chi connectivity index (χ0n) is 13.8. The van der Waals surface area contributed by atoms with Crippen molar-refractivity contribution >= 4 is 5.91 Å². The second-order valence-electron chi connectivity index (χ2n) is 6.31. The molecule has 1 N–H and O–H groups in total. The van der Waals surface area contributed by atoms with Gasteiger partial charge in [0.25, 0.3) is 0 Å². The molecule has 0 bridgehead atoms. The van der Waals surface area contributed by atoms with E-state index in [0.717, 1.165) is 22.6 Å². The Morgan fingerprint density at radius 2 is 2.08 bits per heavy atom. The fraction of sp³-hybridized carbons (Fsp3) is 0.444. The second-order valence-corrected chi connectivity index (χ2v) is 6.31. The van der Waals surface area contributed by atoms with Crippen LogP contribution in [0.1, 0.15) is 41.5 Å². The summed E-state index contributed by atoms with van der Waals surface area (Å²) >= 11 is 0. The van der Waals surface area contributed by atoms with Gasteiger partial charge in [0.1, 0.15) is 11.6 Å². The van der Waals surface area contributed by atoms with Crippen LogP contribution in [0.3, 0.4) is 0 Å². The molecule has 5 nitrogen and oxygen atoms in total. The van der Waals surface area contributed by atoms with Gasteiger partial charge in [0.05, 0.1) is 17.8 Å². The Morgan fingerprint density at radius 1 is 1.38 bits per heavy atom. The van der Waals surface area contributed by atoms with Crippen molar-refractivity contribution in [2.45, 2.75) is 45.3 Å². The van der Waals surface area contributed by atoms with E-state index in [1.165, 1.54) is 12.1 Å². The maximum atomic E-state index is 13.1. The van der Waals surface area contributed by atoms with Crippen LogP contribution in [0.2, 0.25) is 0 Å². The molecule has 2 atom stereocenters. The molecule has 1 fully saturated rings. The van der Waals surface area contributed by atoms with Crippen LogP contribution >= 0.6 is 0 Å². The highest BCUT2D eigenvalue weighted by atomic mass is 19.1. The number of hydrogen-bond acceptors (Lipinski definition) is 4. The highest BCUT2D eigenvalue weighted by molar-refractivity contribution is 5.77. The molecule has 1 amide bonds. The number of carbonyl (C=O) groups excluding carboxylic acids is 1. The molecule has 128 valence electrons. The summed E-state index contributed by atoms with van der Waals surface area (Å²) in [6, 6.07) is 5.90. The zero-order chi connectivity index (χ0) is 17.3. The van der Waals surface area contributed by atoms with Gasteiger partial charge in [-0.1, -0.05) is 17.3 Å². The molecule has 1 aromatic heterocycles. The molecular formula is C18H21FN2O3. The maximum Gasteiger partial charge on any atom is 0.223 e. The maximum absolute atomic E-state index is 13.1. The first-order chi connectivity index (χ1) is 11.5. The number of carbonyl (C=O) groups is 1. The van der Waals surface area contributed by atoms with Crippen LogP contribution in [0, 0.1) is 19.7 Å². The zero-order valence-corrected chi connectivity index (χ0v) is 13.8. The molecule has 1 aromatic carbocycles. The Bertz CT molecular complexity index is 707. The molecule has 6 heteroatoms. The van der Waals surface area contributed by atoms with Gasteiger partial charge in [-0.3, -0.25) is 4.79 Å². The van der Waals surface area contributed by atoms with Crippen molar-refractivity contribution in [3.63, 3.8) is 0 Å². The number of likely N-dealkylation sites (tertiary alicyclic amines) is 1. The standard InChI is InChI=1S/C18H21FN2O3/c1-11-16(12(2)24-20-11)7-8-18(23)21-10-15(22)9-17(21)13-3-5-14(19)6-4-13/h3-6,15,17,22H,7-10H2,1-2H3. The average Bonchev–Trinajstić information content (AvgIpc) is 3.09. The number of benzene rings is 1. The van der Waals surface area contributed by atoms with Crippen LogP contribution < -0.4 is 0 Å². The fourth-order valence-electron chi connectivity index (χ4n) is 3.32. The minimum absolute atomic E-state index is 0.0270. The highest BCUT2D eigenvalue weighted by Gasteiger charge is 2.35. The van der Waals surface area contributed by atoms with E-state index < -0.39 is 6.10 Å². The topological polar surface area (TPSA) is 66.6 Å². The van der Waals surface area contributed by atoms with Gasteiger partial charge in [-0.25, -0.2) is 4.39 Å². The van der Waals surface area contributed by atoms with E-state index in [9.17, 15) is 14.3 Å². The molecule has 24 heavy (non-hydrogen) atoms. The molecule has 1 aliphatic rings. The summed E-state index contributed by atoms with van der Waals surface area (Å²) in [6.45, 7) is 4.00. The predicted octanol–water partition coefficient (Wildman–Crippen LogP) is 2.70. The number of amides is 1. The molecule has 0 radical (unpaired) electrons. The van der Waals surface area contributed by atoms with Crippen molar-refractivity contribution in [2.75, 3.05) is 6.54 Å². The van der Waals surface area contributed by atoms with Gasteiger partial charge in [0.15, 0.2) is 0 Å². The molecule has 0 spiro atoms. The van der Waals surface area contributed by atoms with Gasteiger partial charge in [0, 0.05) is 18.5 Å². The van der Waals surface area contributed by atoms with Crippen molar-refractivity contribution in [2.24, 2.45) is 0 Å². The lowest BCUT2D eigenvalue weighted by Crippen LogP contribution is -2.32. The molecular weight excluding hydrogens is 311 g/mol. The molecule has 1 aliphatic heterocycles. The minimum Gasteiger partial charge on any atom is -0.391 e.